The first kappa shape index (κ1) is 16.1. The lowest BCUT2D eigenvalue weighted by molar-refractivity contribution is -0.116. The van der Waals surface area contributed by atoms with Crippen LogP contribution in [0.3, 0.4) is 0 Å². The number of nitrogens with one attached hydrogen (secondary N) is 1. The topological polar surface area (TPSA) is 72.7 Å². The fraction of sp³-hybridized carbons (Fsp3) is 0.200. The summed E-state index contributed by atoms with van der Waals surface area (Å²) in [5.74, 6) is 0.686. The predicted octanol–water partition coefficient (Wildman–Crippen LogP) is 3.97. The minimum absolute atomic E-state index is 0.0117. The summed E-state index contributed by atoms with van der Waals surface area (Å²) in [7, 11) is 0. The Morgan fingerprint density at radius 1 is 1.19 bits per heavy atom. The van der Waals surface area contributed by atoms with E-state index in [-0.39, 0.29) is 11.8 Å². The molecule has 0 fully saturated rings. The molecule has 3 aromatic heterocycles. The largest absolute Gasteiger partial charge is 0.310 e. The summed E-state index contributed by atoms with van der Waals surface area (Å²) in [5.41, 5.74) is 5.17. The molecule has 0 spiro atoms. The van der Waals surface area contributed by atoms with Gasteiger partial charge < -0.3 is 5.32 Å². The number of fused-ring (bicyclic) bond motifs is 2. The van der Waals surface area contributed by atoms with Crippen molar-refractivity contribution in [2.24, 2.45) is 0 Å². The first-order valence-electron chi connectivity index (χ1n) is 8.77. The quantitative estimate of drug-likeness (QED) is 0.575. The Kier molecular flexibility index (Phi) is 3.58. The second kappa shape index (κ2) is 5.99. The van der Waals surface area contributed by atoms with Gasteiger partial charge in [-0.15, -0.1) is 0 Å². The van der Waals surface area contributed by atoms with E-state index in [1.807, 2.05) is 25.1 Å². The van der Waals surface area contributed by atoms with Gasteiger partial charge in [-0.25, -0.2) is 4.98 Å². The number of hydrogen-bond donors (Lipinski definition) is 1. The third-order valence-corrected chi connectivity index (χ3v) is 5.92. The number of rotatable bonds is 2. The third-order valence-electron chi connectivity index (χ3n) is 4.92. The van der Waals surface area contributed by atoms with Crippen LogP contribution in [0.1, 0.15) is 34.7 Å². The first-order chi connectivity index (χ1) is 13.1. The number of amides is 1. The fourth-order valence-electron chi connectivity index (χ4n) is 3.68. The van der Waals surface area contributed by atoms with E-state index in [9.17, 15) is 4.79 Å². The maximum Gasteiger partial charge on any atom is 0.226 e. The molecule has 0 saturated carbocycles. The van der Waals surface area contributed by atoms with Crippen LogP contribution in [-0.2, 0) is 4.79 Å². The molecule has 7 heteroatoms. The summed E-state index contributed by atoms with van der Waals surface area (Å²) in [6, 6.07) is 10.1. The van der Waals surface area contributed by atoms with Gasteiger partial charge in [0.1, 0.15) is 5.82 Å². The molecule has 1 aliphatic rings. The fourth-order valence-corrected chi connectivity index (χ4v) is 4.70. The maximum atomic E-state index is 12.4. The van der Waals surface area contributed by atoms with Gasteiger partial charge in [-0.05, 0) is 49.2 Å². The number of carbonyl (C=O) groups excluding carboxylic acids is 1. The molecule has 1 atom stereocenters. The summed E-state index contributed by atoms with van der Waals surface area (Å²) in [4.78, 5) is 21.3. The Hall–Kier alpha value is -3.06. The molecule has 0 radical (unpaired) electrons. The Morgan fingerprint density at radius 2 is 2.00 bits per heavy atom. The van der Waals surface area contributed by atoms with Crippen molar-refractivity contribution >= 4 is 33.3 Å². The molecule has 0 bridgehead atoms. The number of anilines is 1. The van der Waals surface area contributed by atoms with Gasteiger partial charge in [-0.1, -0.05) is 17.4 Å². The van der Waals surface area contributed by atoms with E-state index in [1.54, 1.807) is 28.4 Å². The zero-order chi connectivity index (χ0) is 18.5. The molecule has 6 nitrogen and oxygen atoms in total. The lowest BCUT2D eigenvalue weighted by Gasteiger charge is -2.23. The summed E-state index contributed by atoms with van der Waals surface area (Å²) >= 11 is 1.58. The van der Waals surface area contributed by atoms with Crippen molar-refractivity contribution in [1.82, 2.24) is 19.7 Å². The van der Waals surface area contributed by atoms with E-state index in [0.717, 1.165) is 38.0 Å². The average molecular weight is 375 g/mol. The molecule has 1 amide bonds. The van der Waals surface area contributed by atoms with Crippen LogP contribution in [0.15, 0.2) is 42.7 Å². The monoisotopic (exact) mass is 375 g/mol. The summed E-state index contributed by atoms with van der Waals surface area (Å²) in [6.07, 6.45) is 3.93. The summed E-state index contributed by atoms with van der Waals surface area (Å²) in [6.45, 7) is 4.05. The molecule has 1 aliphatic heterocycles. The van der Waals surface area contributed by atoms with Crippen molar-refractivity contribution in [3.05, 3.63) is 65.1 Å². The van der Waals surface area contributed by atoms with Crippen molar-refractivity contribution in [3.8, 4) is 5.13 Å². The van der Waals surface area contributed by atoms with Gasteiger partial charge in [0.15, 0.2) is 0 Å². The number of aryl methyl sites for hydroxylation is 2. The molecule has 4 aromatic rings. The van der Waals surface area contributed by atoms with Crippen LogP contribution >= 0.6 is 11.3 Å². The Bertz CT molecular complexity index is 1180. The average Bonchev–Trinajstić information content (AvgIpc) is 3.22. The minimum atomic E-state index is -0.0258. The number of nitrogens with zero attached hydrogens (tertiary/aromatic N) is 4. The molecule has 0 saturated heterocycles. The maximum absolute atomic E-state index is 12.4. The lowest BCUT2D eigenvalue weighted by atomic mass is 9.86. The number of benzene rings is 1. The molecule has 0 aliphatic carbocycles. The highest BCUT2D eigenvalue weighted by Gasteiger charge is 2.33. The van der Waals surface area contributed by atoms with E-state index < -0.39 is 0 Å². The zero-order valence-corrected chi connectivity index (χ0v) is 15.7. The minimum Gasteiger partial charge on any atom is -0.310 e. The van der Waals surface area contributed by atoms with Gasteiger partial charge in [0.05, 0.1) is 15.9 Å². The number of pyridine rings is 1. The summed E-state index contributed by atoms with van der Waals surface area (Å²) in [5, 5.41) is 8.50. The van der Waals surface area contributed by atoms with Crippen LogP contribution in [-0.4, -0.2) is 25.7 Å². The molecule has 4 heterocycles. The Morgan fingerprint density at radius 3 is 2.81 bits per heavy atom. The van der Waals surface area contributed by atoms with Crippen molar-refractivity contribution in [2.45, 2.75) is 26.2 Å². The number of thiazole rings is 1. The second-order valence-corrected chi connectivity index (χ2v) is 7.82. The van der Waals surface area contributed by atoms with Crippen LogP contribution in [0.25, 0.3) is 15.3 Å². The van der Waals surface area contributed by atoms with E-state index >= 15 is 0 Å². The van der Waals surface area contributed by atoms with Crippen LogP contribution in [0, 0.1) is 13.8 Å². The highest BCUT2D eigenvalue weighted by molar-refractivity contribution is 7.20. The van der Waals surface area contributed by atoms with Gasteiger partial charge in [0.25, 0.3) is 0 Å². The number of carbonyl (C=O) groups is 1. The van der Waals surface area contributed by atoms with Crippen LogP contribution < -0.4 is 5.32 Å². The SMILES string of the molecule is Cc1ccc2nc(-n3nc(C)c4c3NC(=O)C[C@H]4c3ccncc3)sc2c1. The highest BCUT2D eigenvalue weighted by Crippen LogP contribution is 2.40. The van der Waals surface area contributed by atoms with Crippen LogP contribution in [0.2, 0.25) is 0 Å². The van der Waals surface area contributed by atoms with E-state index in [0.29, 0.717) is 6.42 Å². The molecular formula is C20H17N5OS. The van der Waals surface area contributed by atoms with Gasteiger partial charge in [-0.2, -0.15) is 9.78 Å². The molecule has 1 aromatic carbocycles. The van der Waals surface area contributed by atoms with Gasteiger partial charge in [0, 0.05) is 30.3 Å². The lowest BCUT2D eigenvalue weighted by Crippen LogP contribution is -2.24. The first-order valence-corrected chi connectivity index (χ1v) is 9.58. The van der Waals surface area contributed by atoms with Crippen molar-refractivity contribution in [2.75, 3.05) is 5.32 Å². The normalized spacial score (nSPS) is 16.4. The van der Waals surface area contributed by atoms with Gasteiger partial charge in [0.2, 0.25) is 11.0 Å². The van der Waals surface area contributed by atoms with Crippen molar-refractivity contribution < 1.29 is 4.79 Å². The summed E-state index contributed by atoms with van der Waals surface area (Å²) < 4.78 is 2.88. The number of aromatic nitrogens is 4. The van der Waals surface area contributed by atoms with E-state index in [4.69, 9.17) is 10.1 Å². The molecule has 0 unspecified atom stereocenters. The van der Waals surface area contributed by atoms with Gasteiger partial charge >= 0.3 is 0 Å². The molecule has 27 heavy (non-hydrogen) atoms. The zero-order valence-electron chi connectivity index (χ0n) is 14.9. The molecule has 1 N–H and O–H groups in total. The van der Waals surface area contributed by atoms with E-state index in [1.165, 1.54) is 5.56 Å². The smallest absolute Gasteiger partial charge is 0.226 e. The predicted molar refractivity (Wildman–Crippen MR) is 106 cm³/mol. The molecule has 5 rings (SSSR count). The van der Waals surface area contributed by atoms with E-state index in [2.05, 4.69) is 29.4 Å². The van der Waals surface area contributed by atoms with Crippen LogP contribution in [0.5, 0.6) is 0 Å². The second-order valence-electron chi connectivity index (χ2n) is 6.81. The Balaban J connectivity index is 1.68. The highest BCUT2D eigenvalue weighted by atomic mass is 32.1. The molecule has 134 valence electrons. The third kappa shape index (κ3) is 2.62. The molecular weight excluding hydrogens is 358 g/mol. The Labute approximate surface area is 159 Å². The van der Waals surface area contributed by atoms with Gasteiger partial charge in [-0.3, -0.25) is 9.78 Å². The standard InChI is InChI=1S/C20H17N5OS/c1-11-3-4-15-16(9-11)27-20(22-15)25-19-18(12(2)24-25)14(10-17(26)23-19)13-5-7-21-8-6-13/h3-9,14H,10H2,1-2H3,(H,23,26)/t14-/m0/s1. The van der Waals surface area contributed by atoms with Crippen LogP contribution in [0.4, 0.5) is 5.82 Å². The number of hydrogen-bond acceptors (Lipinski definition) is 5. The van der Waals surface area contributed by atoms with Crippen molar-refractivity contribution in [1.29, 1.82) is 0 Å². The van der Waals surface area contributed by atoms with Crippen molar-refractivity contribution in [3.63, 3.8) is 0 Å².